The summed E-state index contributed by atoms with van der Waals surface area (Å²) in [5.74, 6) is 1.94. The van der Waals surface area contributed by atoms with Crippen LogP contribution in [0.1, 0.15) is 12.8 Å². The van der Waals surface area contributed by atoms with Gasteiger partial charge in [-0.1, -0.05) is 12.1 Å². The molecule has 0 aromatic rings. The third-order valence-corrected chi connectivity index (χ3v) is 1.08. The molecular weight excluding hydrogens is 138 g/mol. The molecule has 0 unspecified atom stereocenters. The minimum atomic E-state index is -1.32. The monoisotopic (exact) mass is 148 g/mol. The predicted molar refractivity (Wildman–Crippen MR) is 39.3 cm³/mol. The van der Waals surface area contributed by atoms with E-state index in [4.69, 9.17) is 21.6 Å². The molecule has 4 heteroatoms. The Morgan fingerprint density at radius 3 is 2.56 bits per heavy atom. The minimum Gasteiger partial charge on any atom is -0.424 e. The van der Waals surface area contributed by atoms with Gasteiger partial charge in [-0.2, -0.15) is 0 Å². The summed E-state index contributed by atoms with van der Waals surface area (Å²) >= 11 is 5.36. The zero-order valence-corrected chi connectivity index (χ0v) is 5.88. The fraction of sp³-hybridized carbons (Fsp3) is 0.600. The van der Waals surface area contributed by atoms with Gasteiger partial charge in [0.25, 0.3) is 0 Å². The van der Waals surface area contributed by atoms with Gasteiger partial charge >= 0.3 is 7.12 Å². The van der Waals surface area contributed by atoms with Crippen LogP contribution in [0.2, 0.25) is 0 Å². The summed E-state index contributed by atoms with van der Waals surface area (Å²) in [7, 11) is -1.32. The molecule has 0 atom stereocenters. The van der Waals surface area contributed by atoms with E-state index in [0.717, 1.165) is 12.8 Å². The first kappa shape index (κ1) is 9.01. The Kier molecular flexibility index (Phi) is 6.15. The van der Waals surface area contributed by atoms with Crippen LogP contribution in [-0.4, -0.2) is 23.0 Å². The van der Waals surface area contributed by atoms with Gasteiger partial charge < -0.3 is 10.0 Å². The molecule has 2 nitrogen and oxygen atoms in total. The largest absolute Gasteiger partial charge is 0.480 e. The van der Waals surface area contributed by atoms with Gasteiger partial charge in [0.05, 0.1) is 0 Å². The van der Waals surface area contributed by atoms with E-state index in [1.165, 1.54) is 5.98 Å². The Morgan fingerprint density at radius 1 is 1.44 bits per heavy atom. The predicted octanol–water partition coefficient (Wildman–Crippen LogP) is 0.574. The molecule has 0 radical (unpaired) electrons. The Morgan fingerprint density at radius 2 is 2.11 bits per heavy atom. The lowest BCUT2D eigenvalue weighted by atomic mass is 9.91. The van der Waals surface area contributed by atoms with E-state index in [2.05, 4.69) is 0 Å². The first-order chi connectivity index (χ1) is 4.27. The summed E-state index contributed by atoms with van der Waals surface area (Å²) in [5, 5.41) is 16.6. The van der Waals surface area contributed by atoms with Crippen molar-refractivity contribution < 1.29 is 10.0 Å². The number of rotatable bonds is 4. The molecule has 0 heterocycles. The second-order valence-corrected chi connectivity index (χ2v) is 2.05. The van der Waals surface area contributed by atoms with Gasteiger partial charge in [-0.05, 0) is 12.8 Å². The van der Waals surface area contributed by atoms with Gasteiger partial charge in [-0.15, -0.1) is 11.6 Å². The van der Waals surface area contributed by atoms with E-state index >= 15 is 0 Å². The SMILES string of the molecule is OB(O)/C=C/CCCCl. The van der Waals surface area contributed by atoms with Gasteiger partial charge in [-0.25, -0.2) is 0 Å². The molecule has 0 aliphatic rings. The zero-order valence-electron chi connectivity index (χ0n) is 5.13. The van der Waals surface area contributed by atoms with Crippen LogP contribution in [0.5, 0.6) is 0 Å². The fourth-order valence-electron chi connectivity index (χ4n) is 0.413. The summed E-state index contributed by atoms with van der Waals surface area (Å²) in [5.41, 5.74) is 0. The van der Waals surface area contributed by atoms with Gasteiger partial charge in [0, 0.05) is 5.88 Å². The third kappa shape index (κ3) is 8.01. The van der Waals surface area contributed by atoms with Crippen LogP contribution in [0.15, 0.2) is 12.1 Å². The molecule has 0 spiro atoms. The van der Waals surface area contributed by atoms with E-state index in [1.54, 1.807) is 6.08 Å². The average Bonchev–Trinajstić information content (AvgIpc) is 1.80. The maximum absolute atomic E-state index is 8.29. The zero-order chi connectivity index (χ0) is 7.11. The summed E-state index contributed by atoms with van der Waals surface area (Å²) in [6, 6.07) is 0. The summed E-state index contributed by atoms with van der Waals surface area (Å²) < 4.78 is 0. The van der Waals surface area contributed by atoms with Gasteiger partial charge in [0.15, 0.2) is 0 Å². The van der Waals surface area contributed by atoms with Crippen molar-refractivity contribution in [1.82, 2.24) is 0 Å². The molecular formula is C5H10BClO2. The normalized spacial score (nSPS) is 10.6. The van der Waals surface area contributed by atoms with Crippen LogP contribution in [0, 0.1) is 0 Å². The van der Waals surface area contributed by atoms with Crippen molar-refractivity contribution in [2.24, 2.45) is 0 Å². The topological polar surface area (TPSA) is 40.5 Å². The smallest absolute Gasteiger partial charge is 0.424 e. The van der Waals surface area contributed by atoms with Crippen molar-refractivity contribution in [2.45, 2.75) is 12.8 Å². The summed E-state index contributed by atoms with van der Waals surface area (Å²) in [4.78, 5) is 0. The first-order valence-electron chi connectivity index (χ1n) is 2.86. The van der Waals surface area contributed by atoms with Crippen molar-refractivity contribution in [2.75, 3.05) is 5.88 Å². The second kappa shape index (κ2) is 6.14. The highest BCUT2D eigenvalue weighted by atomic mass is 35.5. The van der Waals surface area contributed by atoms with Gasteiger partial charge in [-0.3, -0.25) is 0 Å². The first-order valence-corrected chi connectivity index (χ1v) is 3.39. The van der Waals surface area contributed by atoms with E-state index in [-0.39, 0.29) is 0 Å². The molecule has 0 saturated heterocycles. The Hall–Kier alpha value is 0.0149. The molecule has 9 heavy (non-hydrogen) atoms. The number of halogens is 1. The second-order valence-electron chi connectivity index (χ2n) is 1.67. The van der Waals surface area contributed by atoms with E-state index in [9.17, 15) is 0 Å². The highest BCUT2D eigenvalue weighted by molar-refractivity contribution is 6.47. The average molecular weight is 148 g/mol. The highest BCUT2D eigenvalue weighted by Gasteiger charge is 1.95. The van der Waals surface area contributed by atoms with Gasteiger partial charge in [0.1, 0.15) is 0 Å². The summed E-state index contributed by atoms with van der Waals surface area (Å²) in [6.45, 7) is 0. The number of allylic oxidation sites excluding steroid dienone is 1. The number of alkyl halides is 1. The maximum Gasteiger partial charge on any atom is 0.480 e. The Bertz CT molecular complexity index is 85.0. The molecule has 0 aromatic heterocycles. The van der Waals surface area contributed by atoms with E-state index in [0.29, 0.717) is 5.88 Å². The lowest BCUT2D eigenvalue weighted by Crippen LogP contribution is -2.05. The molecule has 0 fully saturated rings. The molecule has 0 aromatic carbocycles. The van der Waals surface area contributed by atoms with Crippen LogP contribution in [0.3, 0.4) is 0 Å². The quantitative estimate of drug-likeness (QED) is 0.348. The molecule has 0 aliphatic carbocycles. The van der Waals surface area contributed by atoms with Crippen LogP contribution in [-0.2, 0) is 0 Å². The third-order valence-electron chi connectivity index (χ3n) is 0.813. The van der Waals surface area contributed by atoms with Crippen LogP contribution >= 0.6 is 11.6 Å². The Balaban J connectivity index is 3.04. The lowest BCUT2D eigenvalue weighted by Gasteiger charge is -1.86. The molecule has 2 N–H and O–H groups in total. The van der Waals surface area contributed by atoms with Crippen molar-refractivity contribution in [3.63, 3.8) is 0 Å². The number of unbranched alkanes of at least 4 members (excludes halogenated alkanes) is 1. The molecule has 52 valence electrons. The van der Waals surface area contributed by atoms with Crippen molar-refractivity contribution in [3.8, 4) is 0 Å². The number of hydrogen-bond donors (Lipinski definition) is 2. The van der Waals surface area contributed by atoms with Gasteiger partial charge in [0.2, 0.25) is 0 Å². The van der Waals surface area contributed by atoms with Crippen LogP contribution < -0.4 is 0 Å². The molecule has 0 rings (SSSR count). The molecule has 0 bridgehead atoms. The van der Waals surface area contributed by atoms with E-state index in [1.807, 2.05) is 0 Å². The van der Waals surface area contributed by atoms with Crippen LogP contribution in [0.4, 0.5) is 0 Å². The fourth-order valence-corrected chi connectivity index (χ4v) is 0.567. The highest BCUT2D eigenvalue weighted by Crippen LogP contribution is 1.92. The minimum absolute atomic E-state index is 0.617. The maximum atomic E-state index is 8.29. The van der Waals surface area contributed by atoms with E-state index < -0.39 is 7.12 Å². The van der Waals surface area contributed by atoms with Crippen molar-refractivity contribution in [3.05, 3.63) is 12.1 Å². The summed E-state index contributed by atoms with van der Waals surface area (Å²) in [6.07, 6.45) is 3.39. The molecule has 0 saturated carbocycles. The standard InChI is InChI=1S/C5H10BClO2/c7-5-3-1-2-4-6(8)9/h2,4,8-9H,1,3,5H2/b4-2+. The molecule has 0 amide bonds. The van der Waals surface area contributed by atoms with Crippen molar-refractivity contribution >= 4 is 18.7 Å². The Labute approximate surface area is 60.3 Å². The van der Waals surface area contributed by atoms with Crippen molar-refractivity contribution in [1.29, 1.82) is 0 Å². The van der Waals surface area contributed by atoms with Crippen LogP contribution in [0.25, 0.3) is 0 Å². The lowest BCUT2D eigenvalue weighted by molar-refractivity contribution is 0.424. The molecule has 0 aliphatic heterocycles. The number of hydrogen-bond acceptors (Lipinski definition) is 2.